The highest BCUT2D eigenvalue weighted by atomic mass is 33.9. The van der Waals surface area contributed by atoms with E-state index in [9.17, 15) is 0 Å². The monoisotopic (exact) mass is 752 g/mol. The Balaban J connectivity index is 1.22. The van der Waals surface area contributed by atoms with Crippen LogP contribution in [0.1, 0.15) is 21.9 Å². The van der Waals surface area contributed by atoms with E-state index in [-0.39, 0.29) is 11.8 Å². The molecule has 2 atom stereocenters. The lowest BCUT2D eigenvalue weighted by atomic mass is 10.2. The second-order valence-electron chi connectivity index (χ2n) is 9.23. The lowest BCUT2D eigenvalue weighted by molar-refractivity contribution is -0.0443. The van der Waals surface area contributed by atoms with E-state index in [1.165, 1.54) is 19.4 Å². The molecule has 0 aliphatic rings. The zero-order chi connectivity index (χ0) is 29.6. The van der Waals surface area contributed by atoms with Crippen molar-refractivity contribution in [1.29, 1.82) is 0 Å². The van der Waals surface area contributed by atoms with Crippen molar-refractivity contribution in [3.63, 3.8) is 0 Å². The molecule has 2 unspecified atom stereocenters. The number of thiazole rings is 2. The van der Waals surface area contributed by atoms with E-state index in [0.717, 1.165) is 34.6 Å². The van der Waals surface area contributed by atoms with Crippen molar-refractivity contribution in [3.05, 3.63) is 58.5 Å². The van der Waals surface area contributed by atoms with Gasteiger partial charge in [0, 0.05) is 51.8 Å². The van der Waals surface area contributed by atoms with Gasteiger partial charge in [-0.25, -0.2) is 9.97 Å². The molecule has 0 saturated heterocycles. The van der Waals surface area contributed by atoms with Gasteiger partial charge in [0.05, 0.1) is 49.5 Å². The Bertz CT molecular complexity index is 1160. The maximum Gasteiger partial charge on any atom is 0.134 e. The number of nitrogens with zero attached hydrogens (tertiary/aromatic N) is 2. The molecule has 0 fully saturated rings. The Labute approximate surface area is 283 Å². The second kappa shape index (κ2) is 20.0. The molecule has 6 nitrogen and oxygen atoms in total. The Kier molecular flexibility index (Phi) is 16.8. The number of hydrogen-bond acceptors (Lipinski definition) is 14. The van der Waals surface area contributed by atoms with Gasteiger partial charge in [-0.05, 0) is 75.7 Å². The van der Waals surface area contributed by atoms with Crippen molar-refractivity contribution in [1.82, 2.24) is 9.97 Å². The van der Waals surface area contributed by atoms with E-state index in [2.05, 4.69) is 48.5 Å². The summed E-state index contributed by atoms with van der Waals surface area (Å²) in [5.74, 6) is 2.84. The van der Waals surface area contributed by atoms with Crippen LogP contribution in [0.3, 0.4) is 0 Å². The van der Waals surface area contributed by atoms with Crippen LogP contribution in [0.15, 0.2) is 48.5 Å². The zero-order valence-electron chi connectivity index (χ0n) is 24.0. The average Bonchev–Trinajstić information content (AvgIpc) is 3.65. The number of aromatic nitrogens is 2. The number of para-hydroxylation sites is 2. The van der Waals surface area contributed by atoms with E-state index in [1.807, 2.05) is 83.6 Å². The molecular weight excluding hydrogens is 717 g/mol. The van der Waals surface area contributed by atoms with Gasteiger partial charge in [-0.2, -0.15) is 0 Å². The van der Waals surface area contributed by atoms with Crippen LogP contribution in [-0.2, 0) is 18.9 Å². The SMILES string of the molecule is COC(OC)[SiH2]CC(CSSSSSSCC(C[SiH2]C(OC)OC)c1nc2ccccc2s1)c1nc2ccccc2s1. The molecule has 0 amide bonds. The summed E-state index contributed by atoms with van der Waals surface area (Å²) in [6, 6.07) is 19.1. The lowest BCUT2D eigenvalue weighted by Gasteiger charge is -2.17. The van der Waals surface area contributed by atoms with Gasteiger partial charge >= 0.3 is 0 Å². The molecule has 16 heteroatoms. The van der Waals surface area contributed by atoms with Gasteiger partial charge in [-0.3, -0.25) is 0 Å². The fourth-order valence-electron chi connectivity index (χ4n) is 4.31. The summed E-state index contributed by atoms with van der Waals surface area (Å²) in [5, 5.41) is 2.47. The fourth-order valence-corrected chi connectivity index (χ4v) is 23.0. The number of hydrogen-bond donors (Lipinski definition) is 0. The van der Waals surface area contributed by atoms with Crippen LogP contribution in [0.5, 0.6) is 0 Å². The standard InChI is InChI=1S/C26H36N2O4S8Si2/c1-29-25(30-2)41-15-17(23-27-19-9-5-7-11-21(19)35-23)13-33-37-39-40-38-34-14-18(16-42-26(31-3)32-4)24-28-20-10-6-8-12-22(20)36-24/h5-12,17-18,25-26H,13-16,41-42H2,1-4H3. The second-order valence-corrected chi connectivity index (χ2v) is 24.6. The predicted molar refractivity (Wildman–Crippen MR) is 202 cm³/mol. The van der Waals surface area contributed by atoms with Gasteiger partial charge in [0.15, 0.2) is 0 Å². The van der Waals surface area contributed by atoms with E-state index < -0.39 is 19.0 Å². The predicted octanol–water partition coefficient (Wildman–Crippen LogP) is 8.07. The number of rotatable bonds is 21. The van der Waals surface area contributed by atoms with Crippen LogP contribution in [0.4, 0.5) is 0 Å². The summed E-state index contributed by atoms with van der Waals surface area (Å²) < 4.78 is 24.6. The minimum atomic E-state index is -0.542. The summed E-state index contributed by atoms with van der Waals surface area (Å²) in [4.78, 5) is 9.95. The summed E-state index contributed by atoms with van der Waals surface area (Å²) in [7, 11) is 17.1. The number of ether oxygens (including phenoxy) is 4. The minimum Gasteiger partial charge on any atom is -0.360 e. The topological polar surface area (TPSA) is 62.7 Å². The minimum absolute atomic E-state index is 0.0398. The number of fused-ring (bicyclic) bond motifs is 2. The smallest absolute Gasteiger partial charge is 0.134 e. The molecule has 2 heterocycles. The highest BCUT2D eigenvalue weighted by Crippen LogP contribution is 2.54. The first-order valence-corrected chi connectivity index (χ1v) is 26.5. The molecule has 0 N–H and O–H groups in total. The molecule has 2 aromatic heterocycles. The van der Waals surface area contributed by atoms with E-state index in [0.29, 0.717) is 11.8 Å². The molecule has 4 aromatic rings. The molecule has 2 aromatic carbocycles. The normalized spacial score (nSPS) is 14.1. The molecular formula is C26H36N2O4S8Si2. The van der Waals surface area contributed by atoms with Crippen LogP contribution >= 0.6 is 83.6 Å². The van der Waals surface area contributed by atoms with Crippen molar-refractivity contribution < 1.29 is 18.9 Å². The van der Waals surface area contributed by atoms with Gasteiger partial charge in [0.2, 0.25) is 0 Å². The van der Waals surface area contributed by atoms with Crippen LogP contribution in [0.25, 0.3) is 20.4 Å². The van der Waals surface area contributed by atoms with Crippen LogP contribution in [0, 0.1) is 0 Å². The molecule has 230 valence electrons. The highest BCUT2D eigenvalue weighted by Gasteiger charge is 2.21. The average molecular weight is 753 g/mol. The quantitative estimate of drug-likeness (QED) is 0.0358. The van der Waals surface area contributed by atoms with Gasteiger partial charge in [0.1, 0.15) is 11.8 Å². The van der Waals surface area contributed by atoms with Gasteiger partial charge in [-0.15, -0.1) is 22.7 Å². The third-order valence-corrected chi connectivity index (χ3v) is 24.4. The molecule has 0 saturated carbocycles. The largest absolute Gasteiger partial charge is 0.360 e. The molecule has 0 radical (unpaired) electrons. The Morgan fingerprint density at radius 3 is 1.40 bits per heavy atom. The highest BCUT2D eigenvalue weighted by molar-refractivity contribution is 9.41. The summed E-state index contributed by atoms with van der Waals surface area (Å²) >= 11 is 3.66. The Morgan fingerprint density at radius 2 is 1.02 bits per heavy atom. The van der Waals surface area contributed by atoms with Gasteiger partial charge < -0.3 is 18.9 Å². The maximum absolute atomic E-state index is 5.51. The summed E-state index contributed by atoms with van der Waals surface area (Å²) in [6.07, 6.45) is 0. The van der Waals surface area contributed by atoms with E-state index in [4.69, 9.17) is 28.9 Å². The van der Waals surface area contributed by atoms with Gasteiger partial charge in [-0.1, -0.05) is 45.9 Å². The van der Waals surface area contributed by atoms with Crippen molar-refractivity contribution in [2.75, 3.05) is 39.9 Å². The van der Waals surface area contributed by atoms with Crippen molar-refractivity contribution in [2.24, 2.45) is 0 Å². The maximum atomic E-state index is 5.51. The number of methoxy groups -OCH3 is 4. The van der Waals surface area contributed by atoms with Crippen molar-refractivity contribution in [3.8, 4) is 0 Å². The zero-order valence-corrected chi connectivity index (χ0v) is 33.3. The lowest BCUT2D eigenvalue weighted by Crippen LogP contribution is -2.23. The first-order valence-electron chi connectivity index (χ1n) is 13.4. The van der Waals surface area contributed by atoms with Gasteiger partial charge in [0.25, 0.3) is 0 Å². The Morgan fingerprint density at radius 1 is 0.619 bits per heavy atom. The van der Waals surface area contributed by atoms with Crippen LogP contribution < -0.4 is 0 Å². The van der Waals surface area contributed by atoms with Crippen molar-refractivity contribution >= 4 is 123 Å². The Hall–Kier alpha value is 0.594. The van der Waals surface area contributed by atoms with E-state index in [1.54, 1.807) is 28.4 Å². The summed E-state index contributed by atoms with van der Waals surface area (Å²) in [6.45, 7) is 0. The van der Waals surface area contributed by atoms with Crippen LogP contribution in [-0.4, -0.2) is 80.8 Å². The molecule has 0 aliphatic heterocycles. The third-order valence-electron chi connectivity index (χ3n) is 6.59. The first kappa shape index (κ1) is 35.4. The molecule has 0 aliphatic carbocycles. The molecule has 4 rings (SSSR count). The molecule has 42 heavy (non-hydrogen) atoms. The van der Waals surface area contributed by atoms with Crippen LogP contribution in [0.2, 0.25) is 12.1 Å². The number of benzene rings is 2. The molecule has 0 bridgehead atoms. The summed E-state index contributed by atoms with van der Waals surface area (Å²) in [5.41, 5.74) is 2.20. The van der Waals surface area contributed by atoms with Crippen molar-refractivity contribution in [2.45, 2.75) is 35.8 Å². The first-order chi connectivity index (χ1) is 20.6. The fraction of sp³-hybridized carbons (Fsp3) is 0.462. The third kappa shape index (κ3) is 11.1. The van der Waals surface area contributed by atoms with E-state index >= 15 is 0 Å². The molecule has 0 spiro atoms.